The van der Waals surface area contributed by atoms with Crippen molar-refractivity contribution in [3.8, 4) is 0 Å². The molecular formula is C29H38N5P. The Balaban J connectivity index is 1.50. The van der Waals surface area contributed by atoms with Gasteiger partial charge in [0.1, 0.15) is 0 Å². The average molecular weight is 488 g/mol. The molecule has 4 rings (SSSR count). The van der Waals surface area contributed by atoms with E-state index in [9.17, 15) is 0 Å². The van der Waals surface area contributed by atoms with Gasteiger partial charge in [0.25, 0.3) is 0 Å². The zero-order valence-corrected chi connectivity index (χ0v) is 21.3. The molecular weight excluding hydrogens is 449 g/mol. The number of guanidine groups is 1. The van der Waals surface area contributed by atoms with E-state index in [0.29, 0.717) is 18.4 Å². The zero-order valence-electron chi connectivity index (χ0n) is 20.3. The van der Waals surface area contributed by atoms with Gasteiger partial charge in [-0.2, -0.15) is 0 Å². The molecule has 0 radical (unpaired) electrons. The molecule has 0 aliphatic heterocycles. The molecule has 6 N–H and O–H groups in total. The fourth-order valence-corrected chi connectivity index (χ4v) is 11.0. The summed E-state index contributed by atoms with van der Waals surface area (Å²) in [7, 11) is -2.17. The van der Waals surface area contributed by atoms with Crippen molar-refractivity contribution in [2.45, 2.75) is 25.7 Å². The van der Waals surface area contributed by atoms with Crippen LogP contribution in [-0.2, 0) is 0 Å². The molecule has 184 valence electrons. The van der Waals surface area contributed by atoms with Crippen LogP contribution in [0.1, 0.15) is 25.7 Å². The number of nitrogens with one attached hydrogen (secondary N) is 4. The van der Waals surface area contributed by atoms with E-state index in [-0.39, 0.29) is 11.8 Å². The van der Waals surface area contributed by atoms with Gasteiger partial charge in [0.15, 0.2) is 0 Å². The van der Waals surface area contributed by atoms with E-state index in [1.807, 2.05) is 0 Å². The molecule has 1 fully saturated rings. The number of hydrogen-bond acceptors (Lipinski definition) is 3. The van der Waals surface area contributed by atoms with Crippen LogP contribution in [0, 0.1) is 22.7 Å². The molecule has 0 spiro atoms. The monoisotopic (exact) mass is 487 g/mol. The SMILES string of the molecule is N=C(N)NC(=N)CNCC1CCC(C[PH](c2ccccc2)(c2ccccc2)c2ccccc2)CC1. The molecule has 0 atom stereocenters. The van der Waals surface area contributed by atoms with E-state index in [2.05, 4.69) is 102 Å². The van der Waals surface area contributed by atoms with E-state index in [1.165, 1.54) is 47.8 Å². The minimum absolute atomic E-state index is 0.180. The third-order valence-corrected chi connectivity index (χ3v) is 12.5. The molecule has 5 nitrogen and oxygen atoms in total. The van der Waals surface area contributed by atoms with Crippen LogP contribution in [0.15, 0.2) is 91.0 Å². The van der Waals surface area contributed by atoms with Gasteiger partial charge in [0, 0.05) is 0 Å². The Bertz CT molecular complexity index is 983. The van der Waals surface area contributed by atoms with Crippen LogP contribution in [0.3, 0.4) is 0 Å². The van der Waals surface area contributed by atoms with Crippen LogP contribution >= 0.6 is 7.26 Å². The Labute approximate surface area is 209 Å². The van der Waals surface area contributed by atoms with Gasteiger partial charge in [0.05, 0.1) is 0 Å². The van der Waals surface area contributed by atoms with Crippen molar-refractivity contribution >= 4 is 35.0 Å². The average Bonchev–Trinajstić information content (AvgIpc) is 2.89. The first-order valence-corrected chi connectivity index (χ1v) is 14.8. The van der Waals surface area contributed by atoms with Crippen LogP contribution in [0.4, 0.5) is 0 Å². The molecule has 0 heterocycles. The van der Waals surface area contributed by atoms with Gasteiger partial charge < -0.3 is 0 Å². The molecule has 0 amide bonds. The van der Waals surface area contributed by atoms with Crippen molar-refractivity contribution in [3.05, 3.63) is 91.0 Å². The summed E-state index contributed by atoms with van der Waals surface area (Å²) >= 11 is 0. The second-order valence-corrected chi connectivity index (χ2v) is 13.7. The first-order chi connectivity index (χ1) is 17.1. The predicted molar refractivity (Wildman–Crippen MR) is 153 cm³/mol. The van der Waals surface area contributed by atoms with Crippen LogP contribution in [0.25, 0.3) is 0 Å². The minimum atomic E-state index is -2.17. The Morgan fingerprint density at radius 1 is 0.714 bits per heavy atom. The van der Waals surface area contributed by atoms with Crippen molar-refractivity contribution in [2.24, 2.45) is 17.6 Å². The van der Waals surface area contributed by atoms with E-state index in [1.54, 1.807) is 0 Å². The second-order valence-electron chi connectivity index (χ2n) is 9.74. The van der Waals surface area contributed by atoms with Crippen LogP contribution in [0.5, 0.6) is 0 Å². The Morgan fingerprint density at radius 3 is 1.57 bits per heavy atom. The van der Waals surface area contributed by atoms with Gasteiger partial charge in [0.2, 0.25) is 0 Å². The Hall–Kier alpha value is -3.01. The van der Waals surface area contributed by atoms with Gasteiger partial charge >= 0.3 is 210 Å². The summed E-state index contributed by atoms with van der Waals surface area (Å²) in [6.07, 6.45) is 6.16. The van der Waals surface area contributed by atoms with Gasteiger partial charge in [-0.25, -0.2) is 0 Å². The topological polar surface area (TPSA) is 97.8 Å². The van der Waals surface area contributed by atoms with Crippen LogP contribution in [-0.4, -0.2) is 31.0 Å². The number of hydrogen-bond donors (Lipinski definition) is 5. The van der Waals surface area contributed by atoms with Crippen molar-refractivity contribution in [1.29, 1.82) is 10.8 Å². The van der Waals surface area contributed by atoms with E-state index < -0.39 is 7.26 Å². The van der Waals surface area contributed by atoms with E-state index in [0.717, 1.165) is 6.54 Å². The maximum absolute atomic E-state index is 7.82. The van der Waals surface area contributed by atoms with Gasteiger partial charge in [-0.3, -0.25) is 0 Å². The molecule has 0 aromatic heterocycles. The van der Waals surface area contributed by atoms with E-state index in [4.69, 9.17) is 16.6 Å². The summed E-state index contributed by atoms with van der Waals surface area (Å²) in [5.74, 6) is 1.41. The third kappa shape index (κ3) is 6.36. The molecule has 3 aromatic carbocycles. The number of benzene rings is 3. The molecule has 6 heteroatoms. The van der Waals surface area contributed by atoms with Gasteiger partial charge in [-0.1, -0.05) is 0 Å². The zero-order chi connectivity index (χ0) is 24.5. The normalized spacial score (nSPS) is 18.5. The van der Waals surface area contributed by atoms with Crippen molar-refractivity contribution in [1.82, 2.24) is 10.6 Å². The van der Waals surface area contributed by atoms with Gasteiger partial charge in [-0.05, 0) is 0 Å². The first-order valence-electron chi connectivity index (χ1n) is 12.6. The number of amidine groups is 1. The molecule has 35 heavy (non-hydrogen) atoms. The fourth-order valence-electron chi connectivity index (χ4n) is 5.70. The van der Waals surface area contributed by atoms with E-state index >= 15 is 0 Å². The molecule has 3 aromatic rings. The molecule has 0 bridgehead atoms. The first kappa shape index (κ1) is 25.1. The predicted octanol–water partition coefficient (Wildman–Crippen LogP) is 3.57. The maximum atomic E-state index is 7.82. The van der Waals surface area contributed by atoms with Crippen LogP contribution < -0.4 is 32.3 Å². The summed E-state index contributed by atoms with van der Waals surface area (Å²) in [4.78, 5) is 0. The Kier molecular flexibility index (Phi) is 8.68. The number of rotatable bonds is 9. The third-order valence-electron chi connectivity index (χ3n) is 7.38. The number of nitrogens with two attached hydrogens (primary N) is 1. The molecule has 1 aliphatic carbocycles. The summed E-state index contributed by atoms with van der Waals surface area (Å²) in [5, 5.41) is 25.5. The summed E-state index contributed by atoms with van der Waals surface area (Å²) < 4.78 is 0. The summed E-state index contributed by atoms with van der Waals surface area (Å²) in [5.41, 5.74) is 5.31. The molecule has 1 saturated carbocycles. The van der Waals surface area contributed by atoms with Crippen LogP contribution in [0.2, 0.25) is 0 Å². The molecule has 0 saturated heterocycles. The van der Waals surface area contributed by atoms with Gasteiger partial charge in [-0.15, -0.1) is 0 Å². The summed E-state index contributed by atoms with van der Waals surface area (Å²) in [6, 6.07) is 33.7. The quantitative estimate of drug-likeness (QED) is 0.181. The fraction of sp³-hybridized carbons (Fsp3) is 0.310. The van der Waals surface area contributed by atoms with Crippen molar-refractivity contribution < 1.29 is 0 Å². The summed E-state index contributed by atoms with van der Waals surface area (Å²) in [6.45, 7) is 1.33. The standard InChI is InChI=1S/C29H38N5P/c30-28(34-29(31)32)21-33-20-23-16-18-24(19-17-23)22-35(25-10-4-1-5-11-25,26-12-6-2-7-13-26)27-14-8-3-9-15-27/h1-15,23-24,33,35H,16-22H2,(H5,30,31,32,34). The molecule has 0 unspecified atom stereocenters. The van der Waals surface area contributed by atoms with Crippen molar-refractivity contribution in [2.75, 3.05) is 19.3 Å². The Morgan fingerprint density at radius 2 is 1.14 bits per heavy atom. The molecule has 1 aliphatic rings. The van der Waals surface area contributed by atoms with Crippen molar-refractivity contribution in [3.63, 3.8) is 0 Å². The second kappa shape index (κ2) is 12.1.